The van der Waals surface area contributed by atoms with Gasteiger partial charge in [-0.1, -0.05) is 0 Å². The third kappa shape index (κ3) is 5.11. The summed E-state index contributed by atoms with van der Waals surface area (Å²) in [5, 5.41) is 8.74. The second-order valence-corrected chi connectivity index (χ2v) is 5.71. The second kappa shape index (κ2) is 5.30. The van der Waals surface area contributed by atoms with Crippen LogP contribution < -0.4 is 10.6 Å². The SMILES string of the molecule is Cc1csc(CCNC(=O)NC(C)(C)C)n1. The van der Waals surface area contributed by atoms with Crippen LogP contribution in [0.4, 0.5) is 4.79 Å². The first-order valence-electron chi connectivity index (χ1n) is 5.34. The van der Waals surface area contributed by atoms with E-state index < -0.39 is 0 Å². The van der Waals surface area contributed by atoms with Crippen LogP contribution >= 0.6 is 11.3 Å². The lowest BCUT2D eigenvalue weighted by atomic mass is 10.1. The van der Waals surface area contributed by atoms with Gasteiger partial charge in [-0.2, -0.15) is 0 Å². The van der Waals surface area contributed by atoms with Gasteiger partial charge in [-0.05, 0) is 27.7 Å². The van der Waals surface area contributed by atoms with E-state index >= 15 is 0 Å². The summed E-state index contributed by atoms with van der Waals surface area (Å²) in [5.74, 6) is 0. The van der Waals surface area contributed by atoms with Crippen LogP contribution in [-0.2, 0) is 6.42 Å². The predicted molar refractivity (Wildman–Crippen MR) is 66.8 cm³/mol. The maximum atomic E-state index is 11.4. The molecule has 2 N–H and O–H groups in total. The third-order valence-corrected chi connectivity index (χ3v) is 2.81. The molecule has 1 aromatic rings. The molecular weight excluding hydrogens is 222 g/mol. The van der Waals surface area contributed by atoms with Gasteiger partial charge in [0.15, 0.2) is 0 Å². The second-order valence-electron chi connectivity index (χ2n) is 4.76. The van der Waals surface area contributed by atoms with Crippen molar-refractivity contribution in [3.8, 4) is 0 Å². The van der Waals surface area contributed by atoms with E-state index in [0.29, 0.717) is 6.54 Å². The van der Waals surface area contributed by atoms with Crippen LogP contribution in [0.15, 0.2) is 5.38 Å². The summed E-state index contributed by atoms with van der Waals surface area (Å²) in [5.41, 5.74) is 0.848. The van der Waals surface area contributed by atoms with Gasteiger partial charge in [-0.25, -0.2) is 9.78 Å². The number of rotatable bonds is 3. The summed E-state index contributed by atoms with van der Waals surface area (Å²) < 4.78 is 0. The van der Waals surface area contributed by atoms with Gasteiger partial charge in [0, 0.05) is 29.6 Å². The normalized spacial score (nSPS) is 11.2. The lowest BCUT2D eigenvalue weighted by Gasteiger charge is -2.20. The minimum absolute atomic E-state index is 0.124. The molecule has 0 aromatic carbocycles. The van der Waals surface area contributed by atoms with Crippen molar-refractivity contribution in [3.05, 3.63) is 16.1 Å². The first-order chi connectivity index (χ1) is 7.37. The van der Waals surface area contributed by atoms with Crippen LogP contribution in [0.5, 0.6) is 0 Å². The number of urea groups is 1. The average molecular weight is 241 g/mol. The average Bonchev–Trinajstić information content (AvgIpc) is 2.48. The number of nitrogens with one attached hydrogen (secondary N) is 2. The van der Waals surface area contributed by atoms with Gasteiger partial charge in [0.2, 0.25) is 0 Å². The molecule has 0 spiro atoms. The maximum Gasteiger partial charge on any atom is 0.315 e. The molecule has 0 aliphatic heterocycles. The Hall–Kier alpha value is -1.10. The molecule has 90 valence electrons. The summed E-state index contributed by atoms with van der Waals surface area (Å²) in [4.78, 5) is 15.7. The molecule has 0 unspecified atom stereocenters. The van der Waals surface area contributed by atoms with Crippen LogP contribution in [0.3, 0.4) is 0 Å². The van der Waals surface area contributed by atoms with Crippen LogP contribution in [0.25, 0.3) is 0 Å². The molecule has 1 aromatic heterocycles. The Labute approximate surface area is 100 Å². The van der Waals surface area contributed by atoms with Crippen molar-refractivity contribution in [2.75, 3.05) is 6.54 Å². The van der Waals surface area contributed by atoms with E-state index in [9.17, 15) is 4.79 Å². The molecule has 0 radical (unpaired) electrons. The summed E-state index contributed by atoms with van der Waals surface area (Å²) in [7, 11) is 0. The molecule has 0 fully saturated rings. The van der Waals surface area contributed by atoms with E-state index in [1.165, 1.54) is 0 Å². The van der Waals surface area contributed by atoms with E-state index in [2.05, 4.69) is 15.6 Å². The summed E-state index contributed by atoms with van der Waals surface area (Å²) in [6.07, 6.45) is 0.788. The van der Waals surface area contributed by atoms with E-state index in [1.54, 1.807) is 11.3 Å². The first kappa shape index (κ1) is 13.0. The predicted octanol–water partition coefficient (Wildman–Crippen LogP) is 2.09. The molecule has 0 bridgehead atoms. The molecule has 5 heteroatoms. The number of hydrogen-bond acceptors (Lipinski definition) is 3. The van der Waals surface area contributed by atoms with Gasteiger partial charge in [0.1, 0.15) is 0 Å². The number of aromatic nitrogens is 1. The zero-order valence-electron chi connectivity index (χ0n) is 10.3. The van der Waals surface area contributed by atoms with Gasteiger partial charge in [0.25, 0.3) is 0 Å². The highest BCUT2D eigenvalue weighted by atomic mass is 32.1. The molecule has 1 rings (SSSR count). The molecule has 2 amide bonds. The third-order valence-electron chi connectivity index (χ3n) is 1.78. The Balaban J connectivity index is 2.23. The number of aryl methyl sites for hydroxylation is 1. The lowest BCUT2D eigenvalue weighted by Crippen LogP contribution is -2.46. The van der Waals surface area contributed by atoms with Crippen LogP contribution in [0.2, 0.25) is 0 Å². The van der Waals surface area contributed by atoms with Gasteiger partial charge in [-0.15, -0.1) is 11.3 Å². The number of carbonyl (C=O) groups excluding carboxylic acids is 1. The van der Waals surface area contributed by atoms with Crippen molar-refractivity contribution < 1.29 is 4.79 Å². The van der Waals surface area contributed by atoms with Gasteiger partial charge in [0.05, 0.1) is 5.01 Å². The molecule has 4 nitrogen and oxygen atoms in total. The molecule has 0 aliphatic carbocycles. The fourth-order valence-electron chi connectivity index (χ4n) is 1.19. The van der Waals surface area contributed by atoms with Gasteiger partial charge >= 0.3 is 6.03 Å². The summed E-state index contributed by atoms with van der Waals surface area (Å²) >= 11 is 1.63. The standard InChI is InChI=1S/C11H19N3OS/c1-8-7-16-9(13-8)5-6-12-10(15)14-11(2,3)4/h7H,5-6H2,1-4H3,(H2,12,14,15). The largest absolute Gasteiger partial charge is 0.338 e. The monoisotopic (exact) mass is 241 g/mol. The van der Waals surface area contributed by atoms with Crippen molar-refractivity contribution in [1.29, 1.82) is 0 Å². The van der Waals surface area contributed by atoms with Crippen molar-refractivity contribution in [2.24, 2.45) is 0 Å². The van der Waals surface area contributed by atoms with Crippen molar-refractivity contribution in [3.63, 3.8) is 0 Å². The topological polar surface area (TPSA) is 54.0 Å². The Kier molecular flexibility index (Phi) is 4.29. The Morgan fingerprint density at radius 2 is 2.19 bits per heavy atom. The number of thiazole rings is 1. The maximum absolute atomic E-state index is 11.4. The fraction of sp³-hybridized carbons (Fsp3) is 0.636. The number of nitrogens with zero attached hydrogens (tertiary/aromatic N) is 1. The summed E-state index contributed by atoms with van der Waals surface area (Å²) in [6.45, 7) is 8.46. The number of hydrogen-bond donors (Lipinski definition) is 2. The molecule has 0 aliphatic rings. The van der Waals surface area contributed by atoms with Crippen LogP contribution in [0, 0.1) is 6.92 Å². The van der Waals surface area contributed by atoms with Crippen LogP contribution in [0.1, 0.15) is 31.5 Å². The highest BCUT2D eigenvalue weighted by molar-refractivity contribution is 7.09. The molecular formula is C11H19N3OS. The smallest absolute Gasteiger partial charge is 0.315 e. The van der Waals surface area contributed by atoms with Gasteiger partial charge in [-0.3, -0.25) is 0 Å². The molecule has 0 saturated carbocycles. The Morgan fingerprint density at radius 1 is 1.50 bits per heavy atom. The highest BCUT2D eigenvalue weighted by Crippen LogP contribution is 2.08. The van der Waals surface area contributed by atoms with Crippen molar-refractivity contribution in [2.45, 2.75) is 39.7 Å². The van der Waals surface area contributed by atoms with E-state index in [0.717, 1.165) is 17.1 Å². The minimum Gasteiger partial charge on any atom is -0.338 e. The summed E-state index contributed by atoms with van der Waals surface area (Å²) in [6, 6.07) is -0.124. The van der Waals surface area contributed by atoms with E-state index in [1.807, 2.05) is 33.1 Å². The number of carbonyl (C=O) groups is 1. The lowest BCUT2D eigenvalue weighted by molar-refractivity contribution is 0.232. The fourth-order valence-corrected chi connectivity index (χ4v) is 1.96. The van der Waals surface area contributed by atoms with Gasteiger partial charge < -0.3 is 10.6 Å². The zero-order valence-corrected chi connectivity index (χ0v) is 11.1. The molecule has 1 heterocycles. The Morgan fingerprint density at radius 3 is 2.69 bits per heavy atom. The Bertz CT molecular complexity index is 354. The van der Waals surface area contributed by atoms with Crippen molar-refractivity contribution >= 4 is 17.4 Å². The molecule has 0 saturated heterocycles. The quantitative estimate of drug-likeness (QED) is 0.851. The highest BCUT2D eigenvalue weighted by Gasteiger charge is 2.12. The number of amides is 2. The first-order valence-corrected chi connectivity index (χ1v) is 6.22. The molecule has 16 heavy (non-hydrogen) atoms. The van der Waals surface area contributed by atoms with E-state index in [-0.39, 0.29) is 11.6 Å². The molecule has 0 atom stereocenters. The minimum atomic E-state index is -0.193. The zero-order chi connectivity index (χ0) is 12.2. The van der Waals surface area contributed by atoms with E-state index in [4.69, 9.17) is 0 Å². The van der Waals surface area contributed by atoms with Crippen LogP contribution in [-0.4, -0.2) is 23.1 Å². The van der Waals surface area contributed by atoms with Crippen molar-refractivity contribution in [1.82, 2.24) is 15.6 Å².